The van der Waals surface area contributed by atoms with Gasteiger partial charge >= 0.3 is 6.18 Å². The van der Waals surface area contributed by atoms with Gasteiger partial charge in [0.05, 0.1) is 30.5 Å². The molecule has 0 aliphatic carbocycles. The fraction of sp³-hybridized carbons (Fsp3) is 0.235. The number of hydrogen-bond acceptors (Lipinski definition) is 6. The lowest BCUT2D eigenvalue weighted by Gasteiger charge is -2.27. The maximum absolute atomic E-state index is 14.3. The van der Waals surface area contributed by atoms with E-state index in [1.807, 2.05) is 0 Å². The Morgan fingerprint density at radius 2 is 1.57 bits per heavy atom. The number of alkyl halides is 3. The monoisotopic (exact) mass is 632 g/mol. The van der Waals surface area contributed by atoms with Crippen LogP contribution in [0.3, 0.4) is 0 Å². The lowest BCUT2D eigenvalue weighted by molar-refractivity contribution is -0.153. The third-order valence-electron chi connectivity index (χ3n) is 7.61. The molecule has 9 nitrogen and oxygen atoms in total. The predicted octanol–water partition coefficient (Wildman–Crippen LogP) is 5.01. The van der Waals surface area contributed by atoms with Crippen molar-refractivity contribution in [3.63, 3.8) is 0 Å². The summed E-state index contributed by atoms with van der Waals surface area (Å²) in [6, 6.07) is 20.4. The molecule has 4 aromatic carbocycles. The van der Waals surface area contributed by atoms with Crippen LogP contribution in [0.2, 0.25) is 0 Å². The number of carbonyl (C=O) groups excluding carboxylic acids is 4. The van der Waals surface area contributed by atoms with Gasteiger partial charge in [-0.25, -0.2) is 0 Å². The molecule has 3 N–H and O–H groups in total. The second kappa shape index (κ2) is 13.0. The molecular weight excluding hydrogens is 601 g/mol. The summed E-state index contributed by atoms with van der Waals surface area (Å²) in [6.07, 6.45) is -4.61. The van der Waals surface area contributed by atoms with Crippen molar-refractivity contribution < 1.29 is 37.1 Å². The number of rotatable bonds is 8. The number of ketones is 1. The normalized spacial score (nSPS) is 15.6. The van der Waals surface area contributed by atoms with Crippen molar-refractivity contribution >= 4 is 45.7 Å². The van der Waals surface area contributed by atoms with Gasteiger partial charge in [0, 0.05) is 16.7 Å². The van der Waals surface area contributed by atoms with E-state index in [1.165, 1.54) is 54.0 Å². The van der Waals surface area contributed by atoms with Crippen LogP contribution in [-0.4, -0.2) is 54.9 Å². The van der Waals surface area contributed by atoms with E-state index in [1.54, 1.807) is 54.6 Å². The number of Topliss-reactive ketones (excluding diaryl/α,β-unsaturated/α-hetero) is 1. The number of para-hydroxylation sites is 2. The molecule has 0 bridgehead atoms. The molecule has 0 saturated heterocycles. The van der Waals surface area contributed by atoms with Gasteiger partial charge in [-0.1, -0.05) is 54.6 Å². The quantitative estimate of drug-likeness (QED) is 0.264. The number of anilines is 2. The van der Waals surface area contributed by atoms with Gasteiger partial charge in [-0.05, 0) is 55.0 Å². The van der Waals surface area contributed by atoms with Crippen LogP contribution >= 0.6 is 0 Å². The van der Waals surface area contributed by atoms with E-state index in [0.717, 1.165) is 0 Å². The van der Waals surface area contributed by atoms with E-state index >= 15 is 0 Å². The van der Waals surface area contributed by atoms with Gasteiger partial charge < -0.3 is 25.6 Å². The van der Waals surface area contributed by atoms with Gasteiger partial charge in [0.1, 0.15) is 11.8 Å². The number of ether oxygens (including phenoxy) is 1. The van der Waals surface area contributed by atoms with E-state index in [9.17, 15) is 32.3 Å². The zero-order valence-electron chi connectivity index (χ0n) is 25.0. The van der Waals surface area contributed by atoms with E-state index in [2.05, 4.69) is 5.32 Å². The number of nitrogens with one attached hydrogen (secondary N) is 1. The summed E-state index contributed by atoms with van der Waals surface area (Å²) in [7, 11) is 0. The highest BCUT2D eigenvalue weighted by atomic mass is 19.4. The fourth-order valence-corrected chi connectivity index (χ4v) is 5.29. The van der Waals surface area contributed by atoms with Crippen molar-refractivity contribution in [1.82, 2.24) is 5.32 Å². The first-order chi connectivity index (χ1) is 21.8. The van der Waals surface area contributed by atoms with Crippen molar-refractivity contribution in [3.05, 3.63) is 102 Å². The molecular formula is C34H31F3N4O5. The third kappa shape index (κ3) is 6.86. The minimum absolute atomic E-state index is 0.0692. The van der Waals surface area contributed by atoms with Gasteiger partial charge in [-0.2, -0.15) is 13.2 Å². The van der Waals surface area contributed by atoms with Crippen LogP contribution in [0.15, 0.2) is 84.9 Å². The van der Waals surface area contributed by atoms with Crippen molar-refractivity contribution in [2.45, 2.75) is 38.7 Å². The van der Waals surface area contributed by atoms with Crippen LogP contribution in [0.25, 0.3) is 10.8 Å². The maximum atomic E-state index is 14.3. The lowest BCUT2D eigenvalue weighted by atomic mass is 10.0. The molecule has 12 heteroatoms. The Labute approximate surface area is 262 Å². The second-order valence-corrected chi connectivity index (χ2v) is 11.0. The number of fused-ring (bicyclic) bond motifs is 2. The highest BCUT2D eigenvalue weighted by molar-refractivity contribution is 6.13. The van der Waals surface area contributed by atoms with Crippen LogP contribution in [0.1, 0.15) is 40.1 Å². The molecule has 1 aliphatic heterocycles. The fourth-order valence-electron chi connectivity index (χ4n) is 5.29. The Balaban J connectivity index is 1.64. The number of halogens is 3. The molecule has 1 heterocycles. The molecule has 0 aromatic heterocycles. The van der Waals surface area contributed by atoms with Crippen LogP contribution < -0.4 is 25.6 Å². The van der Waals surface area contributed by atoms with Crippen LogP contribution in [0.5, 0.6) is 5.75 Å². The Morgan fingerprint density at radius 1 is 0.935 bits per heavy atom. The summed E-state index contributed by atoms with van der Waals surface area (Å²) in [5.41, 5.74) is 7.36. The molecule has 5 rings (SSSR count). The van der Waals surface area contributed by atoms with Crippen molar-refractivity contribution in [3.8, 4) is 5.75 Å². The number of carbonyl (C=O) groups is 4. The standard InChI is InChI=1S/C34H31F3N4O5/c1-20(38)31(43)39-27-18-41(32(44)24-13-11-22(12-14-24)21(2)42)29-10-6-5-9-28(29)40(33(27)45)17-26-25-8-4-3-7-23(25)15-16-30(26)46-19-34(35,36)37/h3-16,20,27H,17-19,38H2,1-2H3,(H,39,43)/t20-,27-/m0/s1. The first-order valence-electron chi connectivity index (χ1n) is 14.4. The molecule has 0 spiro atoms. The van der Waals surface area contributed by atoms with Gasteiger partial charge in [-0.15, -0.1) is 0 Å². The first kappa shape index (κ1) is 32.2. The van der Waals surface area contributed by atoms with Crippen molar-refractivity contribution in [2.24, 2.45) is 5.73 Å². The van der Waals surface area contributed by atoms with E-state index in [0.29, 0.717) is 27.6 Å². The molecule has 3 amide bonds. The largest absolute Gasteiger partial charge is 0.484 e. The van der Waals surface area contributed by atoms with Gasteiger partial charge in [0.2, 0.25) is 5.91 Å². The minimum atomic E-state index is -4.61. The predicted molar refractivity (Wildman–Crippen MR) is 167 cm³/mol. The summed E-state index contributed by atoms with van der Waals surface area (Å²) in [4.78, 5) is 55.6. The van der Waals surface area contributed by atoms with Gasteiger partial charge in [0.15, 0.2) is 12.4 Å². The number of nitrogens with zero attached hydrogens (tertiary/aromatic N) is 2. The highest BCUT2D eigenvalue weighted by Crippen LogP contribution is 2.38. The maximum Gasteiger partial charge on any atom is 0.422 e. The van der Waals surface area contributed by atoms with Crippen LogP contribution in [0.4, 0.5) is 24.5 Å². The summed E-state index contributed by atoms with van der Waals surface area (Å²) in [5.74, 6) is -2.00. The third-order valence-corrected chi connectivity index (χ3v) is 7.61. The van der Waals surface area contributed by atoms with Gasteiger partial charge in [-0.3, -0.25) is 19.2 Å². The molecule has 46 heavy (non-hydrogen) atoms. The Hall–Kier alpha value is -5.23. The zero-order valence-corrected chi connectivity index (χ0v) is 25.0. The topological polar surface area (TPSA) is 122 Å². The number of hydrogen-bond donors (Lipinski definition) is 2. The van der Waals surface area contributed by atoms with E-state index < -0.39 is 42.6 Å². The molecule has 0 radical (unpaired) electrons. The van der Waals surface area contributed by atoms with E-state index in [4.69, 9.17) is 10.5 Å². The highest BCUT2D eigenvalue weighted by Gasteiger charge is 2.38. The second-order valence-electron chi connectivity index (χ2n) is 11.0. The Morgan fingerprint density at radius 3 is 2.22 bits per heavy atom. The average molecular weight is 633 g/mol. The number of nitrogens with two attached hydrogens (primary N) is 1. The molecule has 0 saturated carbocycles. The molecule has 0 unspecified atom stereocenters. The molecule has 0 fully saturated rings. The Kier molecular flexibility index (Phi) is 9.10. The minimum Gasteiger partial charge on any atom is -0.484 e. The van der Waals surface area contributed by atoms with Crippen LogP contribution in [0, 0.1) is 0 Å². The smallest absolute Gasteiger partial charge is 0.422 e. The Bertz CT molecular complexity index is 1810. The zero-order chi connectivity index (χ0) is 33.2. The average Bonchev–Trinajstić information content (AvgIpc) is 3.14. The first-order valence-corrected chi connectivity index (χ1v) is 14.4. The molecule has 1 aliphatic rings. The number of benzene rings is 4. The number of amides is 3. The van der Waals surface area contributed by atoms with Crippen molar-refractivity contribution in [1.29, 1.82) is 0 Å². The summed E-state index contributed by atoms with van der Waals surface area (Å²) in [5, 5.41) is 3.91. The summed E-state index contributed by atoms with van der Waals surface area (Å²) < 4.78 is 44.9. The SMILES string of the molecule is CC(=O)c1ccc(C(=O)N2C[C@H](NC(=O)[C@H](C)N)C(=O)N(Cc3c(OCC(F)(F)F)ccc4ccccc34)c3ccccc32)cc1. The van der Waals surface area contributed by atoms with E-state index in [-0.39, 0.29) is 35.9 Å². The van der Waals surface area contributed by atoms with Crippen molar-refractivity contribution in [2.75, 3.05) is 23.0 Å². The molecule has 4 aromatic rings. The summed E-state index contributed by atoms with van der Waals surface area (Å²) in [6.45, 7) is 0.794. The summed E-state index contributed by atoms with van der Waals surface area (Å²) >= 11 is 0. The van der Waals surface area contributed by atoms with Crippen LogP contribution in [-0.2, 0) is 16.1 Å². The molecule has 2 atom stereocenters. The lowest BCUT2D eigenvalue weighted by Crippen LogP contribution is -2.55. The molecule has 238 valence electrons. The van der Waals surface area contributed by atoms with Gasteiger partial charge in [0.25, 0.3) is 11.8 Å².